The number of aliphatic hydroxyl groups excluding tert-OH is 1. The lowest BCUT2D eigenvalue weighted by Crippen LogP contribution is -2.21. The molecule has 1 saturated heterocycles. The van der Waals surface area contributed by atoms with E-state index in [1.807, 2.05) is 23.6 Å². The third-order valence-corrected chi connectivity index (χ3v) is 3.84. The van der Waals surface area contributed by atoms with Crippen LogP contribution in [0.15, 0.2) is 28.1 Å². The first-order chi connectivity index (χ1) is 8.31. The van der Waals surface area contributed by atoms with Crippen LogP contribution in [0.3, 0.4) is 0 Å². The van der Waals surface area contributed by atoms with Crippen LogP contribution in [0.2, 0.25) is 0 Å². The summed E-state index contributed by atoms with van der Waals surface area (Å²) < 4.78 is 5.32. The second-order valence-corrected chi connectivity index (χ2v) is 5.29. The van der Waals surface area contributed by atoms with Gasteiger partial charge in [-0.15, -0.1) is 11.3 Å². The quantitative estimate of drug-likeness (QED) is 0.904. The zero-order chi connectivity index (χ0) is 11.7. The van der Waals surface area contributed by atoms with Gasteiger partial charge in [-0.3, -0.25) is 4.90 Å². The molecule has 4 nitrogen and oxygen atoms in total. The first kappa shape index (κ1) is 11.0. The maximum Gasteiger partial charge on any atom is 0.177 e. The number of aliphatic hydroxyl groups is 1. The third kappa shape index (κ3) is 2.41. The van der Waals surface area contributed by atoms with E-state index in [1.165, 1.54) is 0 Å². The number of hydrogen-bond acceptors (Lipinski definition) is 5. The van der Waals surface area contributed by atoms with E-state index in [0.717, 1.165) is 42.4 Å². The molecule has 5 heteroatoms. The fourth-order valence-electron chi connectivity index (χ4n) is 2.11. The highest BCUT2D eigenvalue weighted by Crippen LogP contribution is 2.25. The number of rotatable bonds is 3. The van der Waals surface area contributed by atoms with E-state index < -0.39 is 0 Å². The summed E-state index contributed by atoms with van der Waals surface area (Å²) in [6, 6.07) is 6.00. The summed E-state index contributed by atoms with van der Waals surface area (Å²) in [6.07, 6.45) is 0.675. The maximum atomic E-state index is 9.45. The average molecular weight is 250 g/mol. The van der Waals surface area contributed by atoms with Crippen LogP contribution in [-0.2, 0) is 6.54 Å². The molecule has 1 aliphatic heterocycles. The van der Waals surface area contributed by atoms with E-state index in [1.54, 1.807) is 11.3 Å². The van der Waals surface area contributed by atoms with Gasteiger partial charge in [-0.05, 0) is 17.9 Å². The highest BCUT2D eigenvalue weighted by atomic mass is 32.1. The lowest BCUT2D eigenvalue weighted by molar-refractivity contribution is 0.174. The van der Waals surface area contributed by atoms with Crippen molar-refractivity contribution in [3.05, 3.63) is 29.3 Å². The Morgan fingerprint density at radius 2 is 2.53 bits per heavy atom. The van der Waals surface area contributed by atoms with Gasteiger partial charge in [0.25, 0.3) is 0 Å². The van der Waals surface area contributed by atoms with Gasteiger partial charge < -0.3 is 9.63 Å². The number of nitrogens with zero attached hydrogens (tertiary/aromatic N) is 2. The third-order valence-electron chi connectivity index (χ3n) is 2.96. The average Bonchev–Trinajstić information content (AvgIpc) is 3.00. The standard InChI is InChI=1S/C12H14N2O2S/c15-10-3-4-14(8-10)7-9-6-11(16-13-9)12-2-1-5-17-12/h1-2,5-6,10,15H,3-4,7-8H2/t10-/m1/s1. The summed E-state index contributed by atoms with van der Waals surface area (Å²) in [5, 5.41) is 15.5. The van der Waals surface area contributed by atoms with Crippen molar-refractivity contribution in [2.24, 2.45) is 0 Å². The van der Waals surface area contributed by atoms with Crippen molar-refractivity contribution >= 4 is 11.3 Å². The molecule has 2 aromatic rings. The van der Waals surface area contributed by atoms with E-state index >= 15 is 0 Å². The van der Waals surface area contributed by atoms with E-state index in [2.05, 4.69) is 10.1 Å². The van der Waals surface area contributed by atoms with Gasteiger partial charge in [-0.1, -0.05) is 11.2 Å². The second-order valence-electron chi connectivity index (χ2n) is 4.34. The summed E-state index contributed by atoms with van der Waals surface area (Å²) in [5.41, 5.74) is 0.933. The van der Waals surface area contributed by atoms with Crippen LogP contribution >= 0.6 is 11.3 Å². The van der Waals surface area contributed by atoms with Crippen molar-refractivity contribution in [2.45, 2.75) is 19.1 Å². The van der Waals surface area contributed by atoms with Gasteiger partial charge in [-0.25, -0.2) is 0 Å². The Bertz CT molecular complexity index is 480. The van der Waals surface area contributed by atoms with Crippen LogP contribution in [-0.4, -0.2) is 34.4 Å². The molecule has 0 aromatic carbocycles. The molecular formula is C12H14N2O2S. The fourth-order valence-corrected chi connectivity index (χ4v) is 2.78. The Morgan fingerprint density at radius 3 is 3.24 bits per heavy atom. The number of β-amino-alcohol motifs (C(OH)–C–C–N with tert-alkyl or cyclic N) is 1. The molecule has 0 saturated carbocycles. The fraction of sp³-hybridized carbons (Fsp3) is 0.417. The number of aromatic nitrogens is 1. The lowest BCUT2D eigenvalue weighted by Gasteiger charge is -2.11. The van der Waals surface area contributed by atoms with Gasteiger partial charge in [0, 0.05) is 25.7 Å². The highest BCUT2D eigenvalue weighted by Gasteiger charge is 2.21. The first-order valence-corrected chi connectivity index (χ1v) is 6.59. The molecular weight excluding hydrogens is 236 g/mol. The molecule has 2 aromatic heterocycles. The minimum Gasteiger partial charge on any atom is -0.392 e. The van der Waals surface area contributed by atoms with Crippen LogP contribution in [0, 0.1) is 0 Å². The molecule has 90 valence electrons. The van der Waals surface area contributed by atoms with Crippen molar-refractivity contribution in [3.63, 3.8) is 0 Å². The largest absolute Gasteiger partial charge is 0.392 e. The van der Waals surface area contributed by atoms with Gasteiger partial charge >= 0.3 is 0 Å². The summed E-state index contributed by atoms with van der Waals surface area (Å²) >= 11 is 1.65. The molecule has 0 unspecified atom stereocenters. The van der Waals surface area contributed by atoms with Gasteiger partial charge in [0.05, 0.1) is 16.7 Å². The normalized spacial score (nSPS) is 21.1. The van der Waals surface area contributed by atoms with E-state index in [9.17, 15) is 5.11 Å². The van der Waals surface area contributed by atoms with Crippen LogP contribution in [0.25, 0.3) is 10.6 Å². The van der Waals surface area contributed by atoms with Gasteiger partial charge in [0.2, 0.25) is 0 Å². The molecule has 0 aliphatic carbocycles. The van der Waals surface area contributed by atoms with E-state index in [-0.39, 0.29) is 6.10 Å². The molecule has 1 atom stereocenters. The minimum atomic E-state index is -0.182. The molecule has 1 aliphatic rings. The monoisotopic (exact) mass is 250 g/mol. The zero-order valence-electron chi connectivity index (χ0n) is 9.37. The summed E-state index contributed by atoms with van der Waals surface area (Å²) in [6.45, 7) is 2.43. The van der Waals surface area contributed by atoms with Crippen molar-refractivity contribution in [2.75, 3.05) is 13.1 Å². The SMILES string of the molecule is O[C@@H]1CCN(Cc2cc(-c3cccs3)on2)C1. The van der Waals surface area contributed by atoms with Crippen LogP contribution in [0.4, 0.5) is 0 Å². The number of hydrogen-bond donors (Lipinski definition) is 1. The first-order valence-electron chi connectivity index (χ1n) is 5.71. The smallest absolute Gasteiger partial charge is 0.177 e. The van der Waals surface area contributed by atoms with Gasteiger partial charge in [0.1, 0.15) is 0 Å². The summed E-state index contributed by atoms with van der Waals surface area (Å²) in [4.78, 5) is 3.30. The van der Waals surface area contributed by atoms with Crippen LogP contribution in [0.1, 0.15) is 12.1 Å². The molecule has 17 heavy (non-hydrogen) atoms. The van der Waals surface area contributed by atoms with Crippen LogP contribution < -0.4 is 0 Å². The number of likely N-dealkylation sites (tertiary alicyclic amines) is 1. The molecule has 3 rings (SSSR count). The van der Waals surface area contributed by atoms with E-state index in [4.69, 9.17) is 4.52 Å². The molecule has 0 radical (unpaired) electrons. The molecule has 0 amide bonds. The van der Waals surface area contributed by atoms with Crippen molar-refractivity contribution in [3.8, 4) is 10.6 Å². The van der Waals surface area contributed by atoms with Gasteiger partial charge in [0.15, 0.2) is 5.76 Å². The molecule has 0 spiro atoms. The zero-order valence-corrected chi connectivity index (χ0v) is 10.2. The predicted molar refractivity (Wildman–Crippen MR) is 65.7 cm³/mol. The number of thiophene rings is 1. The Hall–Kier alpha value is -1.17. The van der Waals surface area contributed by atoms with Crippen molar-refractivity contribution < 1.29 is 9.63 Å². The Labute approximate surface area is 103 Å². The lowest BCUT2D eigenvalue weighted by atomic mass is 10.3. The molecule has 1 N–H and O–H groups in total. The summed E-state index contributed by atoms with van der Waals surface area (Å²) in [7, 11) is 0. The van der Waals surface area contributed by atoms with Crippen LogP contribution in [0.5, 0.6) is 0 Å². The second kappa shape index (κ2) is 4.60. The van der Waals surface area contributed by atoms with Crippen molar-refractivity contribution in [1.29, 1.82) is 0 Å². The Balaban J connectivity index is 1.69. The van der Waals surface area contributed by atoms with Crippen molar-refractivity contribution in [1.82, 2.24) is 10.1 Å². The highest BCUT2D eigenvalue weighted by molar-refractivity contribution is 7.13. The molecule has 1 fully saturated rings. The van der Waals surface area contributed by atoms with Gasteiger partial charge in [-0.2, -0.15) is 0 Å². The molecule has 3 heterocycles. The molecule has 0 bridgehead atoms. The Kier molecular flexibility index (Phi) is 2.96. The maximum absolute atomic E-state index is 9.45. The summed E-state index contributed by atoms with van der Waals surface area (Å²) in [5.74, 6) is 0.828. The van der Waals surface area contributed by atoms with E-state index in [0.29, 0.717) is 0 Å². The Morgan fingerprint density at radius 1 is 1.59 bits per heavy atom. The minimum absolute atomic E-state index is 0.182. The topological polar surface area (TPSA) is 49.5 Å². The predicted octanol–water partition coefficient (Wildman–Crippen LogP) is 1.97.